The molecule has 11 rings (SSSR count). The molecule has 0 aliphatic heterocycles. The molecule has 0 amide bonds. The molecular formula is C49H31N3. The van der Waals surface area contributed by atoms with Crippen LogP contribution in [0.15, 0.2) is 188 Å². The topological polar surface area (TPSA) is 30.7 Å². The quantitative estimate of drug-likeness (QED) is 0.188. The van der Waals surface area contributed by atoms with E-state index in [1.54, 1.807) is 0 Å². The summed E-state index contributed by atoms with van der Waals surface area (Å²) in [7, 11) is 0. The molecule has 1 aliphatic carbocycles. The van der Waals surface area contributed by atoms with E-state index in [1.165, 1.54) is 49.7 Å². The third-order valence-corrected chi connectivity index (χ3v) is 11.1. The molecule has 0 fully saturated rings. The lowest BCUT2D eigenvalue weighted by Crippen LogP contribution is -2.29. The number of hydrogen-bond acceptors (Lipinski definition) is 2. The van der Waals surface area contributed by atoms with Crippen molar-refractivity contribution in [3.8, 4) is 27.9 Å². The Kier molecular flexibility index (Phi) is 6.17. The summed E-state index contributed by atoms with van der Waals surface area (Å²) in [6.45, 7) is 0. The van der Waals surface area contributed by atoms with Crippen molar-refractivity contribution in [3.05, 3.63) is 211 Å². The largest absolute Gasteiger partial charge is 0.307 e. The number of para-hydroxylation sites is 1. The van der Waals surface area contributed by atoms with Gasteiger partial charge in [0, 0.05) is 40.0 Å². The second-order valence-corrected chi connectivity index (χ2v) is 13.7. The summed E-state index contributed by atoms with van der Waals surface area (Å²) in [4.78, 5) is 10.8. The second-order valence-electron chi connectivity index (χ2n) is 13.7. The van der Waals surface area contributed by atoms with Gasteiger partial charge in [-0.05, 0) is 62.4 Å². The van der Waals surface area contributed by atoms with E-state index in [9.17, 15) is 0 Å². The Balaban J connectivity index is 1.31. The first kappa shape index (κ1) is 28.9. The number of hydrogen-bond donors (Lipinski definition) is 0. The highest BCUT2D eigenvalue weighted by Gasteiger charge is 2.49. The van der Waals surface area contributed by atoms with Crippen LogP contribution in [0.3, 0.4) is 0 Å². The van der Waals surface area contributed by atoms with E-state index < -0.39 is 5.41 Å². The van der Waals surface area contributed by atoms with Crippen molar-refractivity contribution in [2.45, 2.75) is 5.41 Å². The minimum atomic E-state index is -0.639. The van der Waals surface area contributed by atoms with Gasteiger partial charge in [-0.2, -0.15) is 0 Å². The normalized spacial score (nSPS) is 13.2. The molecule has 3 heterocycles. The highest BCUT2D eigenvalue weighted by atomic mass is 15.0. The maximum absolute atomic E-state index is 5.44. The van der Waals surface area contributed by atoms with Gasteiger partial charge >= 0.3 is 0 Å². The summed E-state index contributed by atoms with van der Waals surface area (Å²) in [5.74, 6) is 0. The number of fused-ring (bicyclic) bond motifs is 11. The molecule has 0 saturated heterocycles. The summed E-state index contributed by atoms with van der Waals surface area (Å²) >= 11 is 0. The fraction of sp³-hybridized carbons (Fsp3) is 0.0204. The minimum Gasteiger partial charge on any atom is -0.307 e. The van der Waals surface area contributed by atoms with Crippen molar-refractivity contribution in [2.24, 2.45) is 0 Å². The highest BCUT2D eigenvalue weighted by molar-refractivity contribution is 6.18. The third kappa shape index (κ3) is 3.91. The third-order valence-electron chi connectivity index (χ3n) is 11.1. The van der Waals surface area contributed by atoms with E-state index in [-0.39, 0.29) is 0 Å². The first-order chi connectivity index (χ1) is 25.8. The van der Waals surface area contributed by atoms with Crippen molar-refractivity contribution < 1.29 is 0 Å². The molecule has 0 spiro atoms. The van der Waals surface area contributed by atoms with Crippen LogP contribution >= 0.6 is 0 Å². The van der Waals surface area contributed by atoms with Crippen molar-refractivity contribution >= 4 is 43.6 Å². The van der Waals surface area contributed by atoms with Crippen LogP contribution in [0.4, 0.5) is 0 Å². The lowest BCUT2D eigenvalue weighted by molar-refractivity contribution is 0.779. The predicted octanol–water partition coefficient (Wildman–Crippen LogP) is 11.9. The van der Waals surface area contributed by atoms with E-state index in [4.69, 9.17) is 9.97 Å². The van der Waals surface area contributed by atoms with Crippen LogP contribution in [-0.4, -0.2) is 14.5 Å². The van der Waals surface area contributed by atoms with Gasteiger partial charge in [-0.3, -0.25) is 9.97 Å². The molecule has 0 atom stereocenters. The first-order valence-corrected chi connectivity index (χ1v) is 17.8. The number of aromatic nitrogens is 3. The van der Waals surface area contributed by atoms with E-state index >= 15 is 0 Å². The Hall–Kier alpha value is -6.84. The van der Waals surface area contributed by atoms with Gasteiger partial charge in [0.2, 0.25) is 0 Å². The molecule has 3 nitrogen and oxygen atoms in total. The van der Waals surface area contributed by atoms with E-state index in [1.807, 2.05) is 0 Å². The second kappa shape index (κ2) is 11.1. The van der Waals surface area contributed by atoms with Gasteiger partial charge in [0.25, 0.3) is 0 Å². The maximum Gasteiger partial charge on any atom is 0.114 e. The summed E-state index contributed by atoms with van der Waals surface area (Å²) in [5.41, 5.74) is 14.0. The Labute approximate surface area is 301 Å². The Morgan fingerprint density at radius 2 is 1.06 bits per heavy atom. The van der Waals surface area contributed by atoms with Crippen LogP contribution in [0, 0.1) is 0 Å². The molecular weight excluding hydrogens is 631 g/mol. The maximum atomic E-state index is 5.44. The monoisotopic (exact) mass is 661 g/mol. The molecule has 0 N–H and O–H groups in total. The van der Waals surface area contributed by atoms with Crippen LogP contribution in [0.2, 0.25) is 0 Å². The van der Waals surface area contributed by atoms with Crippen LogP contribution in [0.1, 0.15) is 22.3 Å². The van der Waals surface area contributed by atoms with E-state index in [0.29, 0.717) is 0 Å². The van der Waals surface area contributed by atoms with Crippen molar-refractivity contribution in [3.63, 3.8) is 0 Å². The van der Waals surface area contributed by atoms with Gasteiger partial charge in [-0.15, -0.1) is 0 Å². The van der Waals surface area contributed by atoms with Crippen molar-refractivity contribution in [1.29, 1.82) is 0 Å². The number of nitrogens with zero attached hydrogens (tertiary/aromatic N) is 3. The Morgan fingerprint density at radius 1 is 0.423 bits per heavy atom. The lowest BCUT2D eigenvalue weighted by atomic mass is 9.66. The lowest BCUT2D eigenvalue weighted by Gasteiger charge is -2.35. The molecule has 0 radical (unpaired) electrons. The van der Waals surface area contributed by atoms with Crippen molar-refractivity contribution in [1.82, 2.24) is 14.5 Å². The number of rotatable bonds is 4. The Bertz CT molecular complexity index is 2960. The molecule has 1 aliphatic rings. The smallest absolute Gasteiger partial charge is 0.114 e. The van der Waals surface area contributed by atoms with Gasteiger partial charge in [0.1, 0.15) is 5.52 Å². The van der Waals surface area contributed by atoms with Gasteiger partial charge in [0.05, 0.1) is 22.0 Å². The molecule has 242 valence electrons. The molecule has 3 heteroatoms. The molecule has 0 bridgehead atoms. The minimum absolute atomic E-state index is 0.639. The van der Waals surface area contributed by atoms with Gasteiger partial charge in [-0.25, -0.2) is 0 Å². The summed E-state index contributed by atoms with van der Waals surface area (Å²) in [6.07, 6.45) is 4.20. The van der Waals surface area contributed by atoms with Crippen LogP contribution in [-0.2, 0) is 5.41 Å². The summed E-state index contributed by atoms with van der Waals surface area (Å²) in [6, 6.07) is 63.4. The number of benzene rings is 7. The van der Waals surface area contributed by atoms with E-state index in [2.05, 4.69) is 193 Å². The molecule has 3 aromatic heterocycles. The highest BCUT2D eigenvalue weighted by Crippen LogP contribution is 2.59. The standard InChI is InChI=1S/C49H31N3/c1-4-15-32(16-5-1)34-18-14-23-37(29-34)52-43-26-13-12-25-39(43)42-31-50-46-45-41(30-51-47(46)48(42)52)40-28-27-33-17-10-11-24-38(33)44(40)49(45,35-19-6-2-7-20-35)36-21-8-3-9-22-36/h1-31H. The van der Waals surface area contributed by atoms with E-state index in [0.717, 1.165) is 44.1 Å². The molecule has 0 saturated carbocycles. The molecule has 7 aromatic carbocycles. The van der Waals surface area contributed by atoms with Gasteiger partial charge in [-0.1, -0.05) is 158 Å². The average Bonchev–Trinajstić information content (AvgIpc) is 3.74. The van der Waals surface area contributed by atoms with Crippen molar-refractivity contribution in [2.75, 3.05) is 0 Å². The zero-order valence-electron chi connectivity index (χ0n) is 28.2. The summed E-state index contributed by atoms with van der Waals surface area (Å²) < 4.78 is 2.39. The first-order valence-electron chi connectivity index (χ1n) is 17.8. The zero-order valence-corrected chi connectivity index (χ0v) is 28.2. The average molecular weight is 662 g/mol. The summed E-state index contributed by atoms with van der Waals surface area (Å²) in [5, 5.41) is 4.71. The molecule has 0 unspecified atom stereocenters. The Morgan fingerprint density at radius 3 is 1.83 bits per heavy atom. The molecule has 52 heavy (non-hydrogen) atoms. The zero-order chi connectivity index (χ0) is 34.2. The van der Waals surface area contributed by atoms with Crippen LogP contribution in [0.5, 0.6) is 0 Å². The predicted molar refractivity (Wildman–Crippen MR) is 214 cm³/mol. The van der Waals surface area contributed by atoms with Crippen LogP contribution < -0.4 is 0 Å². The van der Waals surface area contributed by atoms with Gasteiger partial charge < -0.3 is 4.57 Å². The van der Waals surface area contributed by atoms with Crippen LogP contribution in [0.25, 0.3) is 71.6 Å². The SMILES string of the molecule is c1ccc(-c2cccc(-n3c4ccccc4c4cnc5c6c(cnc5c43)-c3ccc4ccccc4c3C6(c3ccccc3)c3ccccc3)c2)cc1. The number of pyridine rings is 2. The fourth-order valence-corrected chi connectivity index (χ4v) is 9.01. The van der Waals surface area contributed by atoms with Gasteiger partial charge in [0.15, 0.2) is 0 Å². The fourth-order valence-electron chi connectivity index (χ4n) is 9.01. The molecule has 10 aromatic rings.